The predicted molar refractivity (Wildman–Crippen MR) is 99.7 cm³/mol. The Kier molecular flexibility index (Phi) is 5.80. The molecule has 1 amide bonds. The van der Waals surface area contributed by atoms with E-state index in [-0.39, 0.29) is 11.7 Å². The fourth-order valence-corrected chi connectivity index (χ4v) is 3.15. The van der Waals surface area contributed by atoms with Crippen molar-refractivity contribution >= 4 is 34.4 Å². The van der Waals surface area contributed by atoms with Crippen LogP contribution in [-0.4, -0.2) is 34.8 Å². The first-order valence-corrected chi connectivity index (χ1v) is 8.88. The van der Waals surface area contributed by atoms with Gasteiger partial charge in [-0.1, -0.05) is 11.8 Å². The first-order valence-electron chi connectivity index (χ1n) is 8.01. The molecule has 0 aliphatic rings. The van der Waals surface area contributed by atoms with E-state index in [0.717, 1.165) is 11.0 Å². The van der Waals surface area contributed by atoms with Crippen LogP contribution in [0.15, 0.2) is 47.6 Å². The Morgan fingerprint density at radius 1 is 1.19 bits per heavy atom. The summed E-state index contributed by atoms with van der Waals surface area (Å²) in [6.07, 6.45) is 0. The third-order valence-electron chi connectivity index (χ3n) is 3.67. The topological polar surface area (TPSA) is 76.2 Å². The molecule has 9 heteroatoms. The summed E-state index contributed by atoms with van der Waals surface area (Å²) in [6.45, 7) is -1.13. The minimum absolute atomic E-state index is 0.0307. The van der Waals surface area contributed by atoms with Crippen molar-refractivity contribution in [1.29, 1.82) is 0 Å². The van der Waals surface area contributed by atoms with Crippen LogP contribution in [0.2, 0.25) is 0 Å². The second kappa shape index (κ2) is 8.26. The lowest BCUT2D eigenvalue weighted by Crippen LogP contribution is -2.22. The summed E-state index contributed by atoms with van der Waals surface area (Å²) < 4.78 is 33.8. The number of fused-ring (bicyclic) bond motifs is 1. The number of amides is 1. The highest BCUT2D eigenvalue weighted by Gasteiger charge is 2.17. The van der Waals surface area contributed by atoms with E-state index >= 15 is 0 Å². The molecular weight excluding hydrogens is 376 g/mol. The molecule has 1 atom stereocenters. The summed E-state index contributed by atoms with van der Waals surface area (Å²) in [5, 5.41) is 2.92. The number of methoxy groups -OCH3 is 1. The molecule has 1 heterocycles. The Hall–Kier alpha value is -2.81. The van der Waals surface area contributed by atoms with Crippen molar-refractivity contribution in [2.75, 3.05) is 12.4 Å². The zero-order valence-electron chi connectivity index (χ0n) is 14.5. The maximum absolute atomic E-state index is 12.4. The van der Waals surface area contributed by atoms with Gasteiger partial charge >= 0.3 is 6.61 Å². The number of anilines is 1. The molecule has 0 saturated heterocycles. The highest BCUT2D eigenvalue weighted by molar-refractivity contribution is 8.00. The van der Waals surface area contributed by atoms with E-state index in [4.69, 9.17) is 4.74 Å². The Morgan fingerprint density at radius 2 is 1.89 bits per heavy atom. The van der Waals surface area contributed by atoms with Crippen LogP contribution in [0.5, 0.6) is 11.5 Å². The SMILES string of the molecule is COc1ccc2nc(SC(C)C(=O)Nc3ccc(OC(F)F)cc3)[nH]c2c1. The molecule has 0 bridgehead atoms. The molecule has 0 radical (unpaired) electrons. The Balaban J connectivity index is 1.62. The quantitative estimate of drug-likeness (QED) is 0.586. The van der Waals surface area contributed by atoms with E-state index in [1.807, 2.05) is 18.2 Å². The molecule has 1 unspecified atom stereocenters. The lowest BCUT2D eigenvalue weighted by atomic mass is 10.3. The van der Waals surface area contributed by atoms with Crippen LogP contribution in [-0.2, 0) is 4.79 Å². The van der Waals surface area contributed by atoms with Crippen LogP contribution in [0.3, 0.4) is 0 Å². The van der Waals surface area contributed by atoms with Crippen molar-refractivity contribution in [3.05, 3.63) is 42.5 Å². The van der Waals surface area contributed by atoms with E-state index in [1.165, 1.54) is 36.0 Å². The Bertz CT molecular complexity index is 931. The molecule has 142 valence electrons. The maximum Gasteiger partial charge on any atom is 0.387 e. The summed E-state index contributed by atoms with van der Waals surface area (Å²) in [6, 6.07) is 11.2. The molecule has 2 aromatic carbocycles. The van der Waals surface area contributed by atoms with Gasteiger partial charge in [0.1, 0.15) is 11.5 Å². The first kappa shape index (κ1) is 19.0. The summed E-state index contributed by atoms with van der Waals surface area (Å²) in [5.41, 5.74) is 2.09. The monoisotopic (exact) mass is 393 g/mol. The van der Waals surface area contributed by atoms with Crippen LogP contribution >= 0.6 is 11.8 Å². The maximum atomic E-state index is 12.4. The normalized spacial score (nSPS) is 12.2. The number of halogens is 2. The van der Waals surface area contributed by atoms with Gasteiger partial charge in [-0.25, -0.2) is 4.98 Å². The van der Waals surface area contributed by atoms with Gasteiger partial charge in [0.2, 0.25) is 5.91 Å². The van der Waals surface area contributed by atoms with E-state index < -0.39 is 11.9 Å². The second-order valence-corrected chi connectivity index (χ2v) is 6.91. The minimum Gasteiger partial charge on any atom is -0.497 e. The van der Waals surface area contributed by atoms with Crippen LogP contribution < -0.4 is 14.8 Å². The average Bonchev–Trinajstić information content (AvgIpc) is 3.04. The second-order valence-electron chi connectivity index (χ2n) is 5.58. The van der Waals surface area contributed by atoms with Gasteiger partial charge in [-0.3, -0.25) is 4.79 Å². The van der Waals surface area contributed by atoms with Crippen LogP contribution in [0.1, 0.15) is 6.92 Å². The largest absolute Gasteiger partial charge is 0.497 e. The summed E-state index contributed by atoms with van der Waals surface area (Å²) in [5.74, 6) is 0.511. The number of thioether (sulfide) groups is 1. The van der Waals surface area contributed by atoms with Gasteiger partial charge in [-0.15, -0.1) is 0 Å². The number of aromatic nitrogens is 2. The number of nitrogens with one attached hydrogen (secondary N) is 2. The zero-order valence-corrected chi connectivity index (χ0v) is 15.3. The van der Waals surface area contributed by atoms with Crippen molar-refractivity contribution < 1.29 is 23.0 Å². The number of imidazole rings is 1. The number of hydrogen-bond acceptors (Lipinski definition) is 5. The first-order chi connectivity index (χ1) is 12.9. The van der Waals surface area contributed by atoms with Gasteiger partial charge in [0, 0.05) is 11.8 Å². The molecule has 2 N–H and O–H groups in total. The van der Waals surface area contributed by atoms with Gasteiger partial charge in [0.25, 0.3) is 0 Å². The van der Waals surface area contributed by atoms with Crippen molar-refractivity contribution in [2.24, 2.45) is 0 Å². The molecule has 3 rings (SSSR count). The van der Waals surface area contributed by atoms with E-state index in [1.54, 1.807) is 14.0 Å². The molecule has 0 aliphatic heterocycles. The predicted octanol–water partition coefficient (Wildman–Crippen LogP) is 4.29. The number of carbonyl (C=O) groups is 1. The zero-order chi connectivity index (χ0) is 19.4. The number of alkyl halides is 2. The fraction of sp³-hybridized carbons (Fsp3) is 0.222. The van der Waals surface area contributed by atoms with Crippen LogP contribution in [0.25, 0.3) is 11.0 Å². The fourth-order valence-electron chi connectivity index (χ4n) is 2.33. The highest BCUT2D eigenvalue weighted by Crippen LogP contribution is 2.26. The molecule has 6 nitrogen and oxygen atoms in total. The van der Waals surface area contributed by atoms with Gasteiger partial charge < -0.3 is 19.8 Å². The van der Waals surface area contributed by atoms with Gasteiger partial charge in [0.15, 0.2) is 5.16 Å². The van der Waals surface area contributed by atoms with E-state index in [9.17, 15) is 13.6 Å². The van der Waals surface area contributed by atoms with E-state index in [2.05, 4.69) is 20.0 Å². The molecule has 27 heavy (non-hydrogen) atoms. The molecule has 3 aromatic rings. The Labute approximate surface area is 158 Å². The van der Waals surface area contributed by atoms with Crippen LogP contribution in [0, 0.1) is 0 Å². The van der Waals surface area contributed by atoms with Gasteiger partial charge in [-0.05, 0) is 43.3 Å². The van der Waals surface area contributed by atoms with Crippen molar-refractivity contribution in [2.45, 2.75) is 23.9 Å². The minimum atomic E-state index is -2.88. The number of hydrogen-bond donors (Lipinski definition) is 2. The molecule has 1 aromatic heterocycles. The molecule has 0 saturated carbocycles. The molecular formula is C18H17F2N3O3S. The highest BCUT2D eigenvalue weighted by atomic mass is 32.2. The summed E-state index contributed by atoms with van der Waals surface area (Å²) in [4.78, 5) is 19.9. The number of ether oxygens (including phenoxy) is 2. The summed E-state index contributed by atoms with van der Waals surface area (Å²) in [7, 11) is 1.59. The smallest absolute Gasteiger partial charge is 0.387 e. The lowest BCUT2D eigenvalue weighted by Gasteiger charge is -2.11. The number of aromatic amines is 1. The lowest BCUT2D eigenvalue weighted by molar-refractivity contribution is -0.115. The number of rotatable bonds is 7. The van der Waals surface area contributed by atoms with Crippen molar-refractivity contribution in [3.63, 3.8) is 0 Å². The van der Waals surface area contributed by atoms with E-state index in [0.29, 0.717) is 16.6 Å². The summed E-state index contributed by atoms with van der Waals surface area (Å²) >= 11 is 1.28. The Morgan fingerprint density at radius 3 is 2.56 bits per heavy atom. The van der Waals surface area contributed by atoms with Crippen LogP contribution in [0.4, 0.5) is 14.5 Å². The third kappa shape index (κ3) is 4.88. The molecule has 0 fully saturated rings. The average molecular weight is 393 g/mol. The standard InChI is InChI=1S/C18H17F2N3O3S/c1-10(16(24)21-11-3-5-12(6-4-11)26-17(19)20)27-18-22-14-8-7-13(25-2)9-15(14)23-18/h3-10,17H,1-2H3,(H,21,24)(H,22,23). The van der Waals surface area contributed by atoms with Crippen molar-refractivity contribution in [3.8, 4) is 11.5 Å². The number of H-pyrrole nitrogens is 1. The number of nitrogens with zero attached hydrogens (tertiary/aromatic N) is 1. The van der Waals surface area contributed by atoms with Gasteiger partial charge in [-0.2, -0.15) is 8.78 Å². The number of carbonyl (C=O) groups excluding carboxylic acids is 1. The molecule has 0 spiro atoms. The number of benzene rings is 2. The van der Waals surface area contributed by atoms with Gasteiger partial charge in [0.05, 0.1) is 23.4 Å². The van der Waals surface area contributed by atoms with Crippen molar-refractivity contribution in [1.82, 2.24) is 9.97 Å². The molecule has 0 aliphatic carbocycles. The third-order valence-corrected chi connectivity index (χ3v) is 4.66.